The van der Waals surface area contributed by atoms with E-state index in [-0.39, 0.29) is 23.7 Å². The summed E-state index contributed by atoms with van der Waals surface area (Å²) in [5.41, 5.74) is 1.01. The second-order valence-electron chi connectivity index (χ2n) is 10.2. The van der Waals surface area contributed by atoms with E-state index in [2.05, 4.69) is 30.6 Å². The maximum absolute atomic E-state index is 15.6. The van der Waals surface area contributed by atoms with E-state index >= 15 is 4.39 Å². The number of thiazole rings is 1. The number of carbonyl (C=O) groups excluding carboxylic acids is 2. The Labute approximate surface area is 262 Å². The van der Waals surface area contributed by atoms with Gasteiger partial charge in [0.15, 0.2) is 16.6 Å². The lowest BCUT2D eigenvalue weighted by molar-refractivity contribution is 0.0585. The first kappa shape index (κ1) is 31.3. The second-order valence-corrected chi connectivity index (χ2v) is 12.5. The summed E-state index contributed by atoms with van der Waals surface area (Å²) in [5.74, 6) is -0.668. The fourth-order valence-corrected chi connectivity index (χ4v) is 6.67. The molecule has 4 aromatic heterocycles. The Hall–Kier alpha value is -4.14. The molecule has 2 amide bonds. The molecule has 1 aliphatic heterocycles. The number of aromatic nitrogens is 4. The molecule has 0 saturated carbocycles. The molecule has 0 spiro atoms. The summed E-state index contributed by atoms with van der Waals surface area (Å²) in [4.78, 5) is 44.9. The molecule has 14 heteroatoms. The van der Waals surface area contributed by atoms with Crippen LogP contribution in [0.1, 0.15) is 34.6 Å². The average molecular weight is 638 g/mol. The van der Waals surface area contributed by atoms with E-state index in [1.54, 1.807) is 30.6 Å². The molecule has 5 heterocycles. The van der Waals surface area contributed by atoms with Gasteiger partial charge in [-0.05, 0) is 55.7 Å². The number of nitrogens with zero attached hydrogens (tertiary/aromatic N) is 5. The van der Waals surface area contributed by atoms with E-state index in [1.807, 2.05) is 37.3 Å². The van der Waals surface area contributed by atoms with Crippen molar-refractivity contribution in [3.8, 4) is 0 Å². The third-order valence-electron chi connectivity index (χ3n) is 7.20. The molecule has 44 heavy (non-hydrogen) atoms. The number of aryl methyl sites for hydroxylation is 1. The lowest BCUT2D eigenvalue weighted by atomic mass is 9.75. The zero-order valence-electron chi connectivity index (χ0n) is 24.3. The van der Waals surface area contributed by atoms with Crippen molar-refractivity contribution in [2.24, 2.45) is 0 Å². The molecule has 2 N–H and O–H groups in total. The number of piperidine rings is 1. The zero-order chi connectivity index (χ0) is 30.9. The Bertz CT molecular complexity index is 1580. The summed E-state index contributed by atoms with van der Waals surface area (Å²) in [6.45, 7) is 3.51. The number of methoxy groups -OCH3 is 1. The maximum atomic E-state index is 15.6. The molecular weight excluding hydrogens is 606 g/mol. The number of hydrogen-bond donors (Lipinski definition) is 2. The van der Waals surface area contributed by atoms with Crippen LogP contribution in [-0.2, 0) is 14.9 Å². The topological polar surface area (TPSA) is 131 Å². The van der Waals surface area contributed by atoms with Crippen LogP contribution in [0.3, 0.4) is 0 Å². The Kier molecular flexibility index (Phi) is 10.4. The number of amides is 2. The Morgan fingerprint density at radius 3 is 2.64 bits per heavy atom. The van der Waals surface area contributed by atoms with Gasteiger partial charge in [-0.1, -0.05) is 29.2 Å². The molecule has 1 aliphatic rings. The number of hydrogen-bond acceptors (Lipinski definition) is 11. The van der Waals surface area contributed by atoms with Gasteiger partial charge in [0.25, 0.3) is 5.91 Å². The van der Waals surface area contributed by atoms with Crippen LogP contribution in [0.25, 0.3) is 0 Å². The molecule has 0 aliphatic carbocycles. The lowest BCUT2D eigenvalue weighted by Crippen LogP contribution is -2.51. The summed E-state index contributed by atoms with van der Waals surface area (Å²) >= 11 is 2.51. The summed E-state index contributed by atoms with van der Waals surface area (Å²) < 4.78 is 26.5. The SMILES string of the molecule is COCCOC(=O)N1CCC(CNC(=O)c2nccc(Sc3cnc(Nc4cc(C)ccn4)s3)c2F)(c2ccccn2)CC1. The van der Waals surface area contributed by atoms with Crippen LogP contribution < -0.4 is 10.6 Å². The second kappa shape index (κ2) is 14.6. The number of anilines is 2. The van der Waals surface area contributed by atoms with Gasteiger partial charge in [0.2, 0.25) is 0 Å². The first-order chi connectivity index (χ1) is 21.4. The van der Waals surface area contributed by atoms with Crippen molar-refractivity contribution in [3.05, 3.63) is 84.0 Å². The van der Waals surface area contributed by atoms with Gasteiger partial charge in [-0.3, -0.25) is 9.78 Å². The van der Waals surface area contributed by atoms with Gasteiger partial charge in [-0.2, -0.15) is 0 Å². The molecule has 230 valence electrons. The highest BCUT2D eigenvalue weighted by molar-refractivity contribution is 8.01. The summed E-state index contributed by atoms with van der Waals surface area (Å²) in [7, 11) is 1.54. The standard InChI is InChI=1S/C30H32FN7O4S2/c1-20-6-11-33-23(17-20)37-28-35-18-24(44-28)43-21-7-12-34-26(25(21)31)27(39)36-19-30(22-5-3-4-10-32-22)8-13-38(14-9-30)29(40)42-16-15-41-2/h3-7,10-12,17-18H,8-9,13-16,19H2,1-2H3,(H,36,39)(H,33,35,37). The molecule has 11 nitrogen and oxygen atoms in total. The first-order valence-electron chi connectivity index (χ1n) is 13.9. The fraction of sp³-hybridized carbons (Fsp3) is 0.333. The van der Waals surface area contributed by atoms with Crippen molar-refractivity contribution in [1.29, 1.82) is 0 Å². The number of pyridine rings is 3. The van der Waals surface area contributed by atoms with Gasteiger partial charge >= 0.3 is 6.09 Å². The van der Waals surface area contributed by atoms with Gasteiger partial charge in [0.1, 0.15) is 12.4 Å². The Balaban J connectivity index is 1.24. The zero-order valence-corrected chi connectivity index (χ0v) is 25.9. The maximum Gasteiger partial charge on any atom is 0.409 e. The average Bonchev–Trinajstić information content (AvgIpc) is 3.48. The highest BCUT2D eigenvalue weighted by Crippen LogP contribution is 2.37. The lowest BCUT2D eigenvalue weighted by Gasteiger charge is -2.41. The number of nitrogens with one attached hydrogen (secondary N) is 2. The third kappa shape index (κ3) is 7.68. The van der Waals surface area contributed by atoms with Crippen LogP contribution >= 0.6 is 23.1 Å². The molecule has 5 rings (SSSR count). The molecule has 0 atom stereocenters. The van der Waals surface area contributed by atoms with Gasteiger partial charge in [-0.25, -0.2) is 24.1 Å². The van der Waals surface area contributed by atoms with E-state index in [4.69, 9.17) is 9.47 Å². The summed E-state index contributed by atoms with van der Waals surface area (Å²) in [5, 5.41) is 6.67. The largest absolute Gasteiger partial charge is 0.447 e. The van der Waals surface area contributed by atoms with E-state index in [0.717, 1.165) is 15.5 Å². The fourth-order valence-electron chi connectivity index (χ4n) is 4.80. The van der Waals surface area contributed by atoms with Crippen LogP contribution in [0.15, 0.2) is 70.3 Å². The molecule has 4 aromatic rings. The van der Waals surface area contributed by atoms with Gasteiger partial charge < -0.3 is 25.0 Å². The number of likely N-dealkylation sites (tertiary alicyclic amines) is 1. The minimum absolute atomic E-state index is 0.176. The van der Waals surface area contributed by atoms with Crippen molar-refractivity contribution in [3.63, 3.8) is 0 Å². The van der Waals surface area contributed by atoms with E-state index in [9.17, 15) is 9.59 Å². The van der Waals surface area contributed by atoms with Crippen LogP contribution in [0.4, 0.5) is 20.1 Å². The normalized spacial score (nSPS) is 14.2. The molecular formula is C30H32FN7O4S2. The minimum atomic E-state index is -0.709. The predicted molar refractivity (Wildman–Crippen MR) is 165 cm³/mol. The molecule has 0 radical (unpaired) electrons. The van der Waals surface area contributed by atoms with Crippen LogP contribution in [0, 0.1) is 12.7 Å². The highest BCUT2D eigenvalue weighted by atomic mass is 32.2. The smallest absolute Gasteiger partial charge is 0.409 e. The van der Waals surface area contributed by atoms with E-state index < -0.39 is 23.2 Å². The van der Waals surface area contributed by atoms with Crippen LogP contribution in [-0.4, -0.2) is 76.8 Å². The van der Waals surface area contributed by atoms with Crippen LogP contribution in [0.2, 0.25) is 0 Å². The Morgan fingerprint density at radius 1 is 1.07 bits per heavy atom. The number of halogens is 1. The van der Waals surface area contributed by atoms with Crippen molar-refractivity contribution < 1.29 is 23.5 Å². The van der Waals surface area contributed by atoms with Crippen LogP contribution in [0.5, 0.6) is 0 Å². The van der Waals surface area contributed by atoms with Gasteiger partial charge in [0, 0.05) is 56.4 Å². The summed E-state index contributed by atoms with van der Waals surface area (Å²) in [6, 6.07) is 10.9. The van der Waals surface area contributed by atoms with E-state index in [0.29, 0.717) is 43.5 Å². The molecule has 0 bridgehead atoms. The van der Waals surface area contributed by atoms with Crippen molar-refractivity contribution in [1.82, 2.24) is 30.2 Å². The van der Waals surface area contributed by atoms with Gasteiger partial charge in [-0.15, -0.1) is 0 Å². The number of rotatable bonds is 11. The number of carbonyl (C=O) groups is 2. The third-order valence-corrected chi connectivity index (χ3v) is 9.25. The van der Waals surface area contributed by atoms with Crippen molar-refractivity contribution in [2.45, 2.75) is 34.3 Å². The number of ether oxygens (including phenoxy) is 2. The molecule has 0 unspecified atom stereocenters. The quantitative estimate of drug-likeness (QED) is 0.211. The van der Waals surface area contributed by atoms with E-state index in [1.165, 1.54) is 35.4 Å². The predicted octanol–water partition coefficient (Wildman–Crippen LogP) is 5.22. The minimum Gasteiger partial charge on any atom is -0.447 e. The van der Waals surface area contributed by atoms with Gasteiger partial charge in [0.05, 0.1) is 21.9 Å². The Morgan fingerprint density at radius 2 is 1.89 bits per heavy atom. The summed E-state index contributed by atoms with van der Waals surface area (Å²) in [6.07, 6.45) is 7.14. The monoisotopic (exact) mass is 637 g/mol. The van der Waals surface area contributed by atoms with Crippen molar-refractivity contribution in [2.75, 3.05) is 45.3 Å². The highest BCUT2D eigenvalue weighted by Gasteiger charge is 2.39. The first-order valence-corrected chi connectivity index (χ1v) is 15.6. The van der Waals surface area contributed by atoms with Crippen molar-refractivity contribution >= 4 is 46.0 Å². The molecule has 1 fully saturated rings. The molecule has 0 aromatic carbocycles. The molecule has 1 saturated heterocycles.